The summed E-state index contributed by atoms with van der Waals surface area (Å²) in [5.74, 6) is 0.229. The summed E-state index contributed by atoms with van der Waals surface area (Å²) in [6, 6.07) is 14.3. The molecule has 0 saturated carbocycles. The lowest BCUT2D eigenvalue weighted by atomic mass is 9.95. The third-order valence-corrected chi connectivity index (χ3v) is 6.86. The molecule has 5 rings (SSSR count). The first-order chi connectivity index (χ1) is 13.6. The molecule has 1 fully saturated rings. The zero-order valence-electron chi connectivity index (χ0n) is 15.7. The largest absolute Gasteiger partial charge is 0.507 e. The van der Waals surface area contributed by atoms with Crippen molar-refractivity contribution in [2.75, 3.05) is 13.1 Å². The molecular formula is C23H22N2O2S. The van der Waals surface area contributed by atoms with Crippen LogP contribution in [-0.2, 0) is 0 Å². The van der Waals surface area contributed by atoms with Crippen molar-refractivity contribution >= 4 is 32.3 Å². The van der Waals surface area contributed by atoms with Crippen LogP contribution in [0.1, 0.15) is 31.4 Å². The highest BCUT2D eigenvalue weighted by Crippen LogP contribution is 2.40. The number of hydrogen-bond donors (Lipinski definition) is 2. The summed E-state index contributed by atoms with van der Waals surface area (Å²) in [5, 5.41) is 14.4. The average Bonchev–Trinajstić information content (AvgIpc) is 3.40. The van der Waals surface area contributed by atoms with Crippen molar-refractivity contribution in [3.8, 4) is 16.9 Å². The Hall–Kier alpha value is -2.63. The highest BCUT2D eigenvalue weighted by Gasteiger charge is 2.20. The van der Waals surface area contributed by atoms with Crippen LogP contribution < -0.4 is 5.56 Å². The number of likely N-dealkylation sites (tertiary alicyclic amines) is 1. The molecule has 3 heterocycles. The molecule has 0 bridgehead atoms. The van der Waals surface area contributed by atoms with Gasteiger partial charge in [0, 0.05) is 27.9 Å². The van der Waals surface area contributed by atoms with Gasteiger partial charge in [-0.25, -0.2) is 0 Å². The van der Waals surface area contributed by atoms with E-state index in [1.165, 1.54) is 29.7 Å². The molecule has 1 aliphatic rings. The summed E-state index contributed by atoms with van der Waals surface area (Å²) in [5.41, 5.74) is 3.69. The summed E-state index contributed by atoms with van der Waals surface area (Å²) >= 11 is 1.43. The first kappa shape index (κ1) is 17.5. The van der Waals surface area contributed by atoms with Gasteiger partial charge in [-0.15, -0.1) is 11.3 Å². The summed E-state index contributed by atoms with van der Waals surface area (Å²) < 4.78 is 0.693. The number of benzene rings is 2. The first-order valence-corrected chi connectivity index (χ1v) is 10.6. The normalized spacial score (nSPS) is 16.2. The van der Waals surface area contributed by atoms with Gasteiger partial charge in [0.1, 0.15) is 10.4 Å². The van der Waals surface area contributed by atoms with E-state index in [0.29, 0.717) is 10.7 Å². The molecule has 1 unspecified atom stereocenters. The molecule has 1 aliphatic heterocycles. The predicted molar refractivity (Wildman–Crippen MR) is 116 cm³/mol. The minimum atomic E-state index is -0.0797. The number of aromatic nitrogens is 1. The molecule has 4 aromatic rings. The lowest BCUT2D eigenvalue weighted by Crippen LogP contribution is -2.23. The van der Waals surface area contributed by atoms with E-state index >= 15 is 0 Å². The van der Waals surface area contributed by atoms with Crippen LogP contribution in [-0.4, -0.2) is 28.1 Å². The van der Waals surface area contributed by atoms with Crippen LogP contribution in [0.15, 0.2) is 52.6 Å². The predicted octanol–water partition coefficient (Wildman–Crippen LogP) is 5.27. The Balaban J connectivity index is 1.65. The van der Waals surface area contributed by atoms with E-state index in [4.69, 9.17) is 0 Å². The average molecular weight is 391 g/mol. The Kier molecular flexibility index (Phi) is 4.22. The quantitative estimate of drug-likeness (QED) is 0.501. The van der Waals surface area contributed by atoms with Gasteiger partial charge in [-0.2, -0.15) is 0 Å². The fraction of sp³-hybridized carbons (Fsp3) is 0.261. The molecule has 4 nitrogen and oxygen atoms in total. The standard InChI is InChI=1S/C23H22N2O2S/c1-14(25-11-2-3-12-25)15-4-6-16(7-5-15)20-19(26)9-8-18-21(20)17-10-13-28-22(17)23(27)24-18/h4-10,13-14,26H,2-3,11-12H2,1H3,(H,24,27). The van der Waals surface area contributed by atoms with E-state index in [2.05, 4.69) is 41.1 Å². The van der Waals surface area contributed by atoms with Crippen molar-refractivity contribution < 1.29 is 5.11 Å². The number of phenolic OH excluding ortho intramolecular Hbond substituents is 1. The second-order valence-electron chi connectivity index (χ2n) is 7.54. The minimum Gasteiger partial charge on any atom is -0.507 e. The highest BCUT2D eigenvalue weighted by atomic mass is 32.1. The van der Waals surface area contributed by atoms with Gasteiger partial charge >= 0.3 is 0 Å². The molecule has 1 saturated heterocycles. The smallest absolute Gasteiger partial charge is 0.266 e. The van der Waals surface area contributed by atoms with Crippen LogP contribution in [0.3, 0.4) is 0 Å². The summed E-state index contributed by atoms with van der Waals surface area (Å²) in [4.78, 5) is 17.8. The first-order valence-electron chi connectivity index (χ1n) is 9.73. The highest BCUT2D eigenvalue weighted by molar-refractivity contribution is 7.17. The third-order valence-electron chi connectivity index (χ3n) is 5.94. The maximum atomic E-state index is 12.3. The monoisotopic (exact) mass is 390 g/mol. The molecule has 2 aromatic heterocycles. The number of thiophene rings is 1. The number of nitrogens with zero attached hydrogens (tertiary/aromatic N) is 1. The Labute approximate surface area is 167 Å². The van der Waals surface area contributed by atoms with Crippen molar-refractivity contribution in [3.05, 3.63) is 63.8 Å². The SMILES string of the molecule is CC(c1ccc(-c2c(O)ccc3[nH]c(=O)c4sccc4c23)cc1)N1CCCC1. The van der Waals surface area contributed by atoms with Gasteiger partial charge in [0.15, 0.2) is 0 Å². The van der Waals surface area contributed by atoms with E-state index in [1.54, 1.807) is 12.1 Å². The summed E-state index contributed by atoms with van der Waals surface area (Å²) in [7, 11) is 0. The minimum absolute atomic E-state index is 0.0797. The fourth-order valence-electron chi connectivity index (χ4n) is 4.40. The molecule has 0 aliphatic carbocycles. The second-order valence-corrected chi connectivity index (χ2v) is 8.46. The van der Waals surface area contributed by atoms with Gasteiger partial charge in [0.2, 0.25) is 0 Å². The molecule has 0 radical (unpaired) electrons. The zero-order chi connectivity index (χ0) is 19.3. The second kappa shape index (κ2) is 6.76. The lowest BCUT2D eigenvalue weighted by molar-refractivity contribution is 0.263. The maximum absolute atomic E-state index is 12.3. The molecule has 142 valence electrons. The topological polar surface area (TPSA) is 56.3 Å². The van der Waals surface area contributed by atoms with Gasteiger partial charge in [-0.3, -0.25) is 9.69 Å². The number of fused-ring (bicyclic) bond motifs is 3. The van der Waals surface area contributed by atoms with E-state index in [-0.39, 0.29) is 11.3 Å². The van der Waals surface area contributed by atoms with Gasteiger partial charge < -0.3 is 10.1 Å². The van der Waals surface area contributed by atoms with Crippen LogP contribution in [0.5, 0.6) is 5.75 Å². The Morgan fingerprint density at radius 2 is 1.82 bits per heavy atom. The maximum Gasteiger partial charge on any atom is 0.266 e. The summed E-state index contributed by atoms with van der Waals surface area (Å²) in [6.45, 7) is 4.59. The number of hydrogen-bond acceptors (Lipinski definition) is 4. The van der Waals surface area contributed by atoms with Crippen LogP contribution in [0.2, 0.25) is 0 Å². The number of aromatic amines is 1. The van der Waals surface area contributed by atoms with E-state index in [0.717, 1.165) is 40.5 Å². The molecule has 2 N–H and O–H groups in total. The molecule has 5 heteroatoms. The van der Waals surface area contributed by atoms with Gasteiger partial charge in [-0.05, 0) is 67.6 Å². The van der Waals surface area contributed by atoms with Crippen LogP contribution >= 0.6 is 11.3 Å². The lowest BCUT2D eigenvalue weighted by Gasteiger charge is -2.24. The van der Waals surface area contributed by atoms with E-state index < -0.39 is 0 Å². The van der Waals surface area contributed by atoms with Crippen molar-refractivity contribution in [1.82, 2.24) is 9.88 Å². The number of phenols is 1. The van der Waals surface area contributed by atoms with Gasteiger partial charge in [0.25, 0.3) is 5.56 Å². The van der Waals surface area contributed by atoms with Crippen molar-refractivity contribution in [2.24, 2.45) is 0 Å². The molecule has 2 aromatic carbocycles. The Bertz CT molecular complexity index is 1220. The number of H-pyrrole nitrogens is 1. The Morgan fingerprint density at radius 3 is 2.57 bits per heavy atom. The molecule has 1 atom stereocenters. The Morgan fingerprint density at radius 1 is 1.07 bits per heavy atom. The van der Waals surface area contributed by atoms with Crippen molar-refractivity contribution in [2.45, 2.75) is 25.8 Å². The molecular weight excluding hydrogens is 368 g/mol. The van der Waals surface area contributed by atoms with E-state index in [9.17, 15) is 9.90 Å². The molecule has 0 spiro atoms. The van der Waals surface area contributed by atoms with Crippen molar-refractivity contribution in [1.29, 1.82) is 0 Å². The van der Waals surface area contributed by atoms with Crippen LogP contribution in [0.4, 0.5) is 0 Å². The van der Waals surface area contributed by atoms with E-state index in [1.807, 2.05) is 11.4 Å². The van der Waals surface area contributed by atoms with Crippen LogP contribution in [0, 0.1) is 0 Å². The van der Waals surface area contributed by atoms with Gasteiger partial charge in [0.05, 0.1) is 0 Å². The summed E-state index contributed by atoms with van der Waals surface area (Å²) in [6.07, 6.45) is 2.56. The van der Waals surface area contributed by atoms with Crippen molar-refractivity contribution in [3.63, 3.8) is 0 Å². The number of rotatable bonds is 3. The molecule has 0 amide bonds. The van der Waals surface area contributed by atoms with Crippen LogP contribution in [0.25, 0.3) is 32.1 Å². The zero-order valence-corrected chi connectivity index (χ0v) is 16.6. The number of aromatic hydroxyl groups is 1. The number of pyridine rings is 1. The fourth-order valence-corrected chi connectivity index (χ4v) is 5.19. The molecule has 28 heavy (non-hydrogen) atoms. The number of nitrogens with one attached hydrogen (secondary N) is 1. The third kappa shape index (κ3) is 2.74. The van der Waals surface area contributed by atoms with Gasteiger partial charge in [-0.1, -0.05) is 24.3 Å².